The Hall–Kier alpha value is -1.96. The van der Waals surface area contributed by atoms with Crippen molar-refractivity contribution in [1.82, 2.24) is 0 Å². The minimum absolute atomic E-state index is 0.0460. The SMILES string of the molecule is CCC(C(=O)O)S(=O)Cc1ccc(OC)c([N+](=O)[O-])c1. The molecule has 0 saturated heterocycles. The third-order valence-corrected chi connectivity index (χ3v) is 4.50. The fourth-order valence-corrected chi connectivity index (χ4v) is 3.01. The lowest BCUT2D eigenvalue weighted by molar-refractivity contribution is -0.385. The van der Waals surface area contributed by atoms with Crippen molar-refractivity contribution < 1.29 is 23.8 Å². The maximum absolute atomic E-state index is 11.9. The van der Waals surface area contributed by atoms with Crippen molar-refractivity contribution in [3.05, 3.63) is 33.9 Å². The van der Waals surface area contributed by atoms with Crippen molar-refractivity contribution in [1.29, 1.82) is 0 Å². The highest BCUT2D eigenvalue weighted by Gasteiger charge is 2.24. The molecule has 2 atom stereocenters. The first kappa shape index (κ1) is 16.1. The molecule has 20 heavy (non-hydrogen) atoms. The number of benzene rings is 1. The number of aliphatic carboxylic acids is 1. The Morgan fingerprint density at radius 1 is 1.55 bits per heavy atom. The summed E-state index contributed by atoms with van der Waals surface area (Å²) in [6, 6.07) is 4.20. The van der Waals surface area contributed by atoms with Gasteiger partial charge in [0.15, 0.2) is 5.75 Å². The fraction of sp³-hybridized carbons (Fsp3) is 0.417. The van der Waals surface area contributed by atoms with Gasteiger partial charge >= 0.3 is 11.7 Å². The second-order valence-corrected chi connectivity index (χ2v) is 5.64. The summed E-state index contributed by atoms with van der Waals surface area (Å²) >= 11 is 0. The molecule has 0 aliphatic heterocycles. The number of methoxy groups -OCH3 is 1. The van der Waals surface area contributed by atoms with E-state index in [1.165, 1.54) is 25.3 Å². The molecule has 0 spiro atoms. The van der Waals surface area contributed by atoms with Crippen LogP contribution in [0.15, 0.2) is 18.2 Å². The van der Waals surface area contributed by atoms with E-state index in [0.717, 1.165) is 0 Å². The van der Waals surface area contributed by atoms with Gasteiger partial charge in [0.25, 0.3) is 0 Å². The van der Waals surface area contributed by atoms with Crippen molar-refractivity contribution in [2.24, 2.45) is 0 Å². The van der Waals surface area contributed by atoms with E-state index in [2.05, 4.69) is 0 Å². The average molecular weight is 301 g/mol. The number of nitro groups is 1. The van der Waals surface area contributed by atoms with Crippen LogP contribution in [-0.4, -0.2) is 32.6 Å². The first-order valence-electron chi connectivity index (χ1n) is 5.82. The molecule has 1 aromatic carbocycles. The topological polar surface area (TPSA) is 107 Å². The molecule has 110 valence electrons. The lowest BCUT2D eigenvalue weighted by Crippen LogP contribution is -2.25. The van der Waals surface area contributed by atoms with E-state index in [1.807, 2.05) is 0 Å². The third-order valence-electron chi connectivity index (χ3n) is 2.71. The van der Waals surface area contributed by atoms with E-state index in [0.29, 0.717) is 5.56 Å². The number of hydrogen-bond donors (Lipinski definition) is 1. The fourth-order valence-electron chi connectivity index (χ4n) is 1.71. The van der Waals surface area contributed by atoms with Crippen LogP contribution in [0.5, 0.6) is 5.75 Å². The average Bonchev–Trinajstić information content (AvgIpc) is 2.38. The Balaban J connectivity index is 2.99. The van der Waals surface area contributed by atoms with Crippen molar-refractivity contribution >= 4 is 22.5 Å². The third kappa shape index (κ3) is 3.77. The van der Waals surface area contributed by atoms with Crippen LogP contribution in [0, 0.1) is 10.1 Å². The van der Waals surface area contributed by atoms with Crippen LogP contribution in [0.1, 0.15) is 18.9 Å². The largest absolute Gasteiger partial charge is 0.490 e. The van der Waals surface area contributed by atoms with E-state index in [-0.39, 0.29) is 23.6 Å². The van der Waals surface area contributed by atoms with Crippen LogP contribution in [0.25, 0.3) is 0 Å². The monoisotopic (exact) mass is 301 g/mol. The molecule has 0 fully saturated rings. The summed E-state index contributed by atoms with van der Waals surface area (Å²) in [7, 11) is -0.315. The lowest BCUT2D eigenvalue weighted by atomic mass is 10.2. The van der Waals surface area contributed by atoms with E-state index < -0.39 is 26.9 Å². The number of carboxylic acids is 1. The summed E-state index contributed by atoms with van der Waals surface area (Å²) < 4.78 is 16.8. The maximum Gasteiger partial charge on any atom is 0.319 e. The normalized spacial score (nSPS) is 13.5. The van der Waals surface area contributed by atoms with Gasteiger partial charge < -0.3 is 9.84 Å². The molecule has 7 nitrogen and oxygen atoms in total. The van der Waals surface area contributed by atoms with Crippen molar-refractivity contribution in [2.75, 3.05) is 7.11 Å². The van der Waals surface area contributed by atoms with E-state index in [1.54, 1.807) is 6.92 Å². The second-order valence-electron chi connectivity index (χ2n) is 4.02. The Bertz CT molecular complexity index is 545. The van der Waals surface area contributed by atoms with Crippen molar-refractivity contribution in [3.63, 3.8) is 0 Å². The number of carboxylic acid groups (broad SMARTS) is 1. The molecule has 1 aromatic rings. The number of hydrogen-bond acceptors (Lipinski definition) is 5. The molecular weight excluding hydrogens is 286 g/mol. The Labute approximate surface area is 118 Å². The first-order chi connectivity index (χ1) is 9.40. The number of ether oxygens (including phenoxy) is 1. The highest BCUT2D eigenvalue weighted by Crippen LogP contribution is 2.28. The Morgan fingerprint density at radius 2 is 2.20 bits per heavy atom. The molecule has 2 unspecified atom stereocenters. The molecule has 0 bridgehead atoms. The molecule has 0 radical (unpaired) electrons. The van der Waals surface area contributed by atoms with Crippen LogP contribution < -0.4 is 4.74 Å². The molecule has 0 heterocycles. The molecule has 0 aliphatic carbocycles. The van der Waals surface area contributed by atoms with Gasteiger partial charge in [0.2, 0.25) is 0 Å². The van der Waals surface area contributed by atoms with E-state index in [4.69, 9.17) is 9.84 Å². The van der Waals surface area contributed by atoms with Crippen LogP contribution in [0.3, 0.4) is 0 Å². The lowest BCUT2D eigenvalue weighted by Gasteiger charge is -2.10. The molecule has 0 aliphatic rings. The Morgan fingerprint density at radius 3 is 2.65 bits per heavy atom. The number of nitrogens with zero attached hydrogens (tertiary/aromatic N) is 1. The van der Waals surface area contributed by atoms with Gasteiger partial charge in [-0.3, -0.25) is 19.1 Å². The maximum atomic E-state index is 11.9. The minimum Gasteiger partial charge on any atom is -0.490 e. The summed E-state index contributed by atoms with van der Waals surface area (Å²) in [5, 5.41) is 18.8. The highest BCUT2D eigenvalue weighted by atomic mass is 32.2. The molecule has 1 rings (SSSR count). The minimum atomic E-state index is -1.63. The highest BCUT2D eigenvalue weighted by molar-refractivity contribution is 7.85. The molecule has 0 saturated carbocycles. The molecular formula is C12H15NO6S. The summed E-state index contributed by atoms with van der Waals surface area (Å²) in [6.07, 6.45) is 0.236. The zero-order chi connectivity index (χ0) is 15.3. The molecule has 1 N–H and O–H groups in total. The van der Waals surface area contributed by atoms with Crippen molar-refractivity contribution in [3.8, 4) is 5.75 Å². The van der Waals surface area contributed by atoms with Gasteiger partial charge in [0.1, 0.15) is 5.25 Å². The summed E-state index contributed by atoms with van der Waals surface area (Å²) in [5.74, 6) is -1.07. The zero-order valence-corrected chi connectivity index (χ0v) is 11.9. The van der Waals surface area contributed by atoms with Gasteiger partial charge in [0, 0.05) is 22.6 Å². The number of nitro benzene ring substituents is 1. The molecule has 0 aromatic heterocycles. The van der Waals surface area contributed by atoms with Gasteiger partial charge in [-0.25, -0.2) is 0 Å². The number of rotatable bonds is 7. The van der Waals surface area contributed by atoms with Crippen LogP contribution >= 0.6 is 0 Å². The van der Waals surface area contributed by atoms with Gasteiger partial charge in [-0.1, -0.05) is 13.0 Å². The van der Waals surface area contributed by atoms with Gasteiger partial charge in [-0.2, -0.15) is 0 Å². The van der Waals surface area contributed by atoms with Crippen LogP contribution in [-0.2, 0) is 21.3 Å². The smallest absolute Gasteiger partial charge is 0.319 e. The van der Waals surface area contributed by atoms with Crippen LogP contribution in [0.2, 0.25) is 0 Å². The van der Waals surface area contributed by atoms with Gasteiger partial charge in [-0.15, -0.1) is 0 Å². The molecule has 8 heteroatoms. The number of carbonyl (C=O) groups is 1. The standard InChI is InChI=1S/C12H15NO6S/c1-3-11(12(14)15)20(18)7-8-4-5-10(19-2)9(6-8)13(16)17/h4-6,11H,3,7H2,1-2H3,(H,14,15). The van der Waals surface area contributed by atoms with Gasteiger partial charge in [-0.05, 0) is 18.1 Å². The first-order valence-corrected chi connectivity index (χ1v) is 7.20. The quantitative estimate of drug-likeness (QED) is 0.607. The zero-order valence-electron chi connectivity index (χ0n) is 11.1. The summed E-state index contributed by atoms with van der Waals surface area (Å²) in [5.41, 5.74) is 0.209. The van der Waals surface area contributed by atoms with E-state index >= 15 is 0 Å². The predicted molar refractivity (Wildman–Crippen MR) is 73.2 cm³/mol. The summed E-state index contributed by atoms with van der Waals surface area (Å²) in [4.78, 5) is 21.2. The predicted octanol–water partition coefficient (Wildman–Crippen LogP) is 1.72. The van der Waals surface area contributed by atoms with Crippen molar-refractivity contribution in [2.45, 2.75) is 24.3 Å². The second kappa shape index (κ2) is 6.99. The van der Waals surface area contributed by atoms with Crippen LogP contribution in [0.4, 0.5) is 5.69 Å². The summed E-state index contributed by atoms with van der Waals surface area (Å²) in [6.45, 7) is 1.63. The van der Waals surface area contributed by atoms with Gasteiger partial charge in [0.05, 0.1) is 12.0 Å². The molecule has 0 amide bonds. The Kier molecular flexibility index (Phi) is 5.63. The van der Waals surface area contributed by atoms with E-state index in [9.17, 15) is 19.1 Å².